The van der Waals surface area contributed by atoms with Gasteiger partial charge in [0.2, 0.25) is 17.7 Å². The lowest BCUT2D eigenvalue weighted by atomic mass is 9.93. The van der Waals surface area contributed by atoms with Gasteiger partial charge in [-0.3, -0.25) is 14.4 Å². The van der Waals surface area contributed by atoms with Crippen LogP contribution in [0, 0.1) is 17.6 Å². The minimum Gasteiger partial charge on any atom is -0.366 e. The van der Waals surface area contributed by atoms with Gasteiger partial charge in [-0.1, -0.05) is 6.07 Å². The van der Waals surface area contributed by atoms with Crippen LogP contribution in [0.2, 0.25) is 0 Å². The Balaban J connectivity index is 1.49. The summed E-state index contributed by atoms with van der Waals surface area (Å²) in [5, 5.41) is 0. The summed E-state index contributed by atoms with van der Waals surface area (Å²) >= 11 is 0. The van der Waals surface area contributed by atoms with Gasteiger partial charge in [0.25, 0.3) is 0 Å². The summed E-state index contributed by atoms with van der Waals surface area (Å²) < 4.78 is 56.5. The molecule has 0 fully saturated rings. The van der Waals surface area contributed by atoms with Gasteiger partial charge in [0.05, 0.1) is 0 Å². The molecule has 3 aromatic rings. The molecule has 0 bridgehead atoms. The molecule has 2 aromatic carbocycles. The number of nitrogens with two attached hydrogens (primary N) is 1. The molecule has 2 heterocycles. The highest BCUT2D eigenvalue weighted by molar-refractivity contribution is 7.91. The van der Waals surface area contributed by atoms with Crippen molar-refractivity contribution in [1.82, 2.24) is 9.71 Å². The molecule has 0 spiro atoms. The molecule has 4 rings (SSSR count). The van der Waals surface area contributed by atoms with Crippen LogP contribution in [-0.4, -0.2) is 44.7 Å². The van der Waals surface area contributed by atoms with E-state index >= 15 is 0 Å². The van der Waals surface area contributed by atoms with E-state index in [1.54, 1.807) is 12.1 Å². The summed E-state index contributed by atoms with van der Waals surface area (Å²) in [6.45, 7) is 0.126. The van der Waals surface area contributed by atoms with Crippen molar-refractivity contribution in [2.24, 2.45) is 11.7 Å². The van der Waals surface area contributed by atoms with Gasteiger partial charge in [-0.05, 0) is 72.9 Å². The minimum absolute atomic E-state index is 0.110. The maximum atomic E-state index is 13.8. The highest BCUT2D eigenvalue weighted by Gasteiger charge is 2.32. The Morgan fingerprint density at radius 1 is 1.10 bits per heavy atom. The van der Waals surface area contributed by atoms with Crippen molar-refractivity contribution in [2.45, 2.75) is 25.7 Å². The SMILES string of the molecule is CN(C(=O)[C@@H](CCC(=O)NS(=O)(=O)N1CCc2cccnc21)Cc1cc(F)cc(F)c1)c1ccc(C(N)=O)cc1. The highest BCUT2D eigenvalue weighted by Crippen LogP contribution is 2.27. The molecule has 210 valence electrons. The molecule has 3 N–H and O–H groups in total. The van der Waals surface area contributed by atoms with Crippen molar-refractivity contribution in [3.05, 3.63) is 89.1 Å². The molecule has 0 aliphatic carbocycles. The maximum absolute atomic E-state index is 13.8. The summed E-state index contributed by atoms with van der Waals surface area (Å²) in [7, 11) is -2.77. The zero-order valence-electron chi connectivity index (χ0n) is 21.5. The number of carbonyl (C=O) groups is 3. The topological polar surface area (TPSA) is 143 Å². The number of primary amides is 1. The molecule has 10 nitrogen and oxygen atoms in total. The Morgan fingerprint density at radius 2 is 1.77 bits per heavy atom. The van der Waals surface area contributed by atoms with Gasteiger partial charge in [0.15, 0.2) is 0 Å². The van der Waals surface area contributed by atoms with Crippen LogP contribution in [0.1, 0.15) is 34.3 Å². The van der Waals surface area contributed by atoms with E-state index in [1.165, 1.54) is 42.4 Å². The van der Waals surface area contributed by atoms with Gasteiger partial charge >= 0.3 is 10.2 Å². The molecule has 40 heavy (non-hydrogen) atoms. The molecule has 0 saturated heterocycles. The van der Waals surface area contributed by atoms with Crippen LogP contribution in [-0.2, 0) is 32.6 Å². The van der Waals surface area contributed by atoms with E-state index in [1.807, 2.05) is 4.72 Å². The predicted octanol–water partition coefficient (Wildman–Crippen LogP) is 2.48. The Hall–Kier alpha value is -4.39. The molecule has 0 saturated carbocycles. The summed E-state index contributed by atoms with van der Waals surface area (Å²) in [6, 6.07) is 12.2. The second-order valence-corrected chi connectivity index (χ2v) is 11.0. The van der Waals surface area contributed by atoms with Gasteiger partial charge in [0.1, 0.15) is 17.5 Å². The Labute approximate surface area is 230 Å². The van der Waals surface area contributed by atoms with Crippen molar-refractivity contribution in [1.29, 1.82) is 0 Å². The molecule has 1 atom stereocenters. The first-order chi connectivity index (χ1) is 18.9. The molecule has 0 unspecified atom stereocenters. The number of aromatic nitrogens is 1. The number of fused-ring (bicyclic) bond motifs is 1. The zero-order valence-corrected chi connectivity index (χ0v) is 22.3. The standard InChI is InChI=1S/C27H27F2N5O5S/c1-33(23-7-4-18(5-8-23)25(30)36)27(37)20(13-17-14-21(28)16-22(29)15-17)6-9-24(35)32-40(38,39)34-12-10-19-3-2-11-31-26(19)34/h2-5,7-8,11,14-16,20H,6,9-10,12-13H2,1H3,(H2,30,36)(H,32,35)/t20-/m0/s1. The van der Waals surface area contributed by atoms with E-state index in [-0.39, 0.29) is 42.8 Å². The molecule has 1 aromatic heterocycles. The fraction of sp³-hybridized carbons (Fsp3) is 0.259. The van der Waals surface area contributed by atoms with Crippen molar-refractivity contribution >= 4 is 39.4 Å². The van der Waals surface area contributed by atoms with Crippen molar-refractivity contribution in [2.75, 3.05) is 22.8 Å². The van der Waals surface area contributed by atoms with E-state index in [0.717, 1.165) is 22.0 Å². The van der Waals surface area contributed by atoms with Crippen LogP contribution >= 0.6 is 0 Å². The lowest BCUT2D eigenvalue weighted by Crippen LogP contribution is -2.43. The zero-order chi connectivity index (χ0) is 29.0. The lowest BCUT2D eigenvalue weighted by molar-refractivity contribution is -0.123. The largest absolute Gasteiger partial charge is 0.366 e. The number of carbonyl (C=O) groups excluding carboxylic acids is 3. The maximum Gasteiger partial charge on any atom is 0.327 e. The normalized spacial score (nSPS) is 13.4. The smallest absolute Gasteiger partial charge is 0.327 e. The number of nitrogens with one attached hydrogen (secondary N) is 1. The average Bonchev–Trinajstić information content (AvgIpc) is 3.35. The number of rotatable bonds is 10. The van der Waals surface area contributed by atoms with Crippen LogP contribution in [0.15, 0.2) is 60.8 Å². The predicted molar refractivity (Wildman–Crippen MR) is 144 cm³/mol. The van der Waals surface area contributed by atoms with E-state index in [9.17, 15) is 31.6 Å². The van der Waals surface area contributed by atoms with E-state index in [0.29, 0.717) is 18.2 Å². The molecular formula is C27H27F2N5O5S. The van der Waals surface area contributed by atoms with E-state index < -0.39 is 45.5 Å². The minimum atomic E-state index is -4.24. The monoisotopic (exact) mass is 571 g/mol. The Bertz CT molecular complexity index is 1530. The first kappa shape index (κ1) is 28.6. The molecular weight excluding hydrogens is 544 g/mol. The number of hydrogen-bond donors (Lipinski definition) is 2. The summed E-state index contributed by atoms with van der Waals surface area (Å²) in [5.74, 6) is -4.30. The third-order valence-electron chi connectivity index (χ3n) is 6.56. The summed E-state index contributed by atoms with van der Waals surface area (Å²) in [6.07, 6.45) is 1.33. The van der Waals surface area contributed by atoms with Crippen molar-refractivity contribution in [3.8, 4) is 0 Å². The van der Waals surface area contributed by atoms with Gasteiger partial charge in [-0.25, -0.2) is 22.8 Å². The molecule has 13 heteroatoms. The van der Waals surface area contributed by atoms with Crippen LogP contribution < -0.4 is 19.7 Å². The van der Waals surface area contributed by atoms with E-state index in [2.05, 4.69) is 4.98 Å². The van der Waals surface area contributed by atoms with Gasteiger partial charge < -0.3 is 10.6 Å². The molecule has 1 aliphatic heterocycles. The van der Waals surface area contributed by atoms with Gasteiger partial charge in [-0.2, -0.15) is 8.42 Å². The number of benzene rings is 2. The van der Waals surface area contributed by atoms with Gasteiger partial charge in [0, 0.05) is 49.4 Å². The fourth-order valence-corrected chi connectivity index (χ4v) is 5.77. The number of anilines is 2. The van der Waals surface area contributed by atoms with Crippen LogP contribution in [0.4, 0.5) is 20.3 Å². The lowest BCUT2D eigenvalue weighted by Gasteiger charge is -2.24. The van der Waals surface area contributed by atoms with Crippen LogP contribution in [0.5, 0.6) is 0 Å². The quantitative estimate of drug-likeness (QED) is 0.383. The Morgan fingerprint density at radius 3 is 2.42 bits per heavy atom. The van der Waals surface area contributed by atoms with Crippen molar-refractivity contribution in [3.63, 3.8) is 0 Å². The van der Waals surface area contributed by atoms with Crippen LogP contribution in [0.3, 0.4) is 0 Å². The average molecular weight is 572 g/mol. The van der Waals surface area contributed by atoms with E-state index in [4.69, 9.17) is 5.73 Å². The third-order valence-corrected chi connectivity index (χ3v) is 7.99. The molecule has 3 amide bonds. The van der Waals surface area contributed by atoms with Crippen LogP contribution in [0.25, 0.3) is 0 Å². The highest BCUT2D eigenvalue weighted by atomic mass is 32.2. The van der Waals surface area contributed by atoms with Gasteiger partial charge in [-0.15, -0.1) is 0 Å². The fourth-order valence-electron chi connectivity index (χ4n) is 4.54. The summed E-state index contributed by atoms with van der Waals surface area (Å²) in [4.78, 5) is 42.9. The number of pyridine rings is 1. The summed E-state index contributed by atoms with van der Waals surface area (Å²) in [5.41, 5.74) is 6.85. The van der Waals surface area contributed by atoms with Crippen molar-refractivity contribution < 1.29 is 31.6 Å². The number of hydrogen-bond acceptors (Lipinski definition) is 6. The number of halogens is 2. The third kappa shape index (κ3) is 6.60. The number of amides is 3. The first-order valence-corrected chi connectivity index (χ1v) is 13.8. The molecule has 0 radical (unpaired) electrons. The first-order valence-electron chi connectivity index (χ1n) is 12.3. The second-order valence-electron chi connectivity index (χ2n) is 9.36. The Kier molecular flexibility index (Phi) is 8.43. The number of nitrogens with zero attached hydrogens (tertiary/aromatic N) is 3. The molecule has 1 aliphatic rings. The second kappa shape index (κ2) is 11.8.